The fraction of sp³-hybridized carbons (Fsp3) is 1.00. The van der Waals surface area contributed by atoms with E-state index < -0.39 is 0 Å². The molecule has 2 nitrogen and oxygen atoms in total. The maximum Gasteiger partial charge on any atom is 0.0636 e. The van der Waals surface area contributed by atoms with Gasteiger partial charge in [-0.2, -0.15) is 0 Å². The van der Waals surface area contributed by atoms with E-state index in [0.29, 0.717) is 6.04 Å². The second-order valence-corrected chi connectivity index (χ2v) is 3.38. The Balaban J connectivity index is 2.00. The lowest BCUT2D eigenvalue weighted by Gasteiger charge is -2.13. The van der Waals surface area contributed by atoms with E-state index in [-0.39, 0.29) is 6.10 Å². The smallest absolute Gasteiger partial charge is 0.0636 e. The average Bonchev–Trinajstić information content (AvgIpc) is 2.63. The largest absolute Gasteiger partial charge is 0.392 e. The first-order valence-electron chi connectivity index (χ1n) is 4.11. The molecule has 0 heterocycles. The van der Waals surface area contributed by atoms with Crippen molar-refractivity contribution in [1.82, 2.24) is 5.32 Å². The summed E-state index contributed by atoms with van der Waals surface area (Å²) in [5.41, 5.74) is 0. The van der Waals surface area contributed by atoms with E-state index >= 15 is 0 Å². The number of hydrogen-bond donors (Lipinski definition) is 2. The van der Waals surface area contributed by atoms with Crippen LogP contribution in [-0.2, 0) is 0 Å². The van der Waals surface area contributed by atoms with Crippen LogP contribution in [0, 0.1) is 5.92 Å². The summed E-state index contributed by atoms with van der Waals surface area (Å²) >= 11 is 0. The maximum absolute atomic E-state index is 8.94. The van der Waals surface area contributed by atoms with Gasteiger partial charge in [0.05, 0.1) is 6.10 Å². The molecule has 0 aromatic heterocycles. The van der Waals surface area contributed by atoms with Crippen molar-refractivity contribution in [2.45, 2.75) is 38.8 Å². The van der Waals surface area contributed by atoms with Gasteiger partial charge in [0.2, 0.25) is 0 Å². The lowest BCUT2D eigenvalue weighted by molar-refractivity contribution is 0.185. The van der Waals surface area contributed by atoms with Crippen LogP contribution in [0.15, 0.2) is 0 Å². The lowest BCUT2D eigenvalue weighted by Crippen LogP contribution is -2.33. The molecule has 2 N–H and O–H groups in total. The van der Waals surface area contributed by atoms with Crippen LogP contribution in [0.5, 0.6) is 0 Å². The molecular weight excluding hydrogens is 126 g/mol. The highest BCUT2D eigenvalue weighted by Crippen LogP contribution is 2.32. The van der Waals surface area contributed by atoms with Crippen LogP contribution >= 0.6 is 0 Å². The van der Waals surface area contributed by atoms with Gasteiger partial charge in [-0.25, -0.2) is 0 Å². The van der Waals surface area contributed by atoms with Crippen molar-refractivity contribution in [3.8, 4) is 0 Å². The van der Waals surface area contributed by atoms with Crippen LogP contribution < -0.4 is 5.32 Å². The van der Waals surface area contributed by atoms with Crippen molar-refractivity contribution in [2.75, 3.05) is 6.54 Å². The predicted octanol–water partition coefficient (Wildman–Crippen LogP) is 0.755. The molecule has 0 saturated heterocycles. The Morgan fingerprint density at radius 1 is 1.50 bits per heavy atom. The SMILES string of the molecule is C[C@H](O)CN[C@H](C)C1CC1. The molecule has 1 saturated carbocycles. The second-order valence-electron chi connectivity index (χ2n) is 3.38. The van der Waals surface area contributed by atoms with Gasteiger partial charge in [-0.3, -0.25) is 0 Å². The number of nitrogens with one attached hydrogen (secondary N) is 1. The Morgan fingerprint density at radius 3 is 2.50 bits per heavy atom. The third kappa shape index (κ3) is 2.67. The van der Waals surface area contributed by atoms with E-state index in [4.69, 9.17) is 5.11 Å². The summed E-state index contributed by atoms with van der Waals surface area (Å²) in [7, 11) is 0. The van der Waals surface area contributed by atoms with Crippen molar-refractivity contribution >= 4 is 0 Å². The molecule has 0 aromatic rings. The highest BCUT2D eigenvalue weighted by molar-refractivity contribution is 4.83. The summed E-state index contributed by atoms with van der Waals surface area (Å²) < 4.78 is 0. The number of aliphatic hydroxyl groups is 1. The molecule has 0 spiro atoms. The zero-order chi connectivity index (χ0) is 7.56. The summed E-state index contributed by atoms with van der Waals surface area (Å²) in [5, 5.41) is 12.2. The summed E-state index contributed by atoms with van der Waals surface area (Å²) in [4.78, 5) is 0. The third-order valence-electron chi connectivity index (χ3n) is 2.06. The summed E-state index contributed by atoms with van der Waals surface area (Å²) in [6, 6.07) is 0.606. The van der Waals surface area contributed by atoms with E-state index in [2.05, 4.69) is 12.2 Å². The monoisotopic (exact) mass is 143 g/mol. The predicted molar refractivity (Wildman–Crippen MR) is 41.9 cm³/mol. The Bertz CT molecular complexity index is 99.4. The standard InChI is InChI=1S/C8H17NO/c1-6(10)5-9-7(2)8-3-4-8/h6-10H,3-5H2,1-2H3/t6-,7+/m0/s1. The number of hydrogen-bond acceptors (Lipinski definition) is 2. The van der Waals surface area contributed by atoms with Crippen LogP contribution in [0.2, 0.25) is 0 Å². The highest BCUT2D eigenvalue weighted by atomic mass is 16.3. The average molecular weight is 143 g/mol. The van der Waals surface area contributed by atoms with Crippen LogP contribution in [-0.4, -0.2) is 23.8 Å². The molecule has 0 amide bonds. The van der Waals surface area contributed by atoms with Gasteiger partial charge in [0, 0.05) is 12.6 Å². The third-order valence-corrected chi connectivity index (χ3v) is 2.06. The molecule has 2 heteroatoms. The quantitative estimate of drug-likeness (QED) is 0.609. The zero-order valence-electron chi connectivity index (χ0n) is 6.80. The number of rotatable bonds is 4. The molecule has 0 aliphatic heterocycles. The molecule has 1 aliphatic carbocycles. The van der Waals surface area contributed by atoms with Crippen LogP contribution in [0.4, 0.5) is 0 Å². The lowest BCUT2D eigenvalue weighted by atomic mass is 10.2. The molecule has 0 unspecified atom stereocenters. The molecule has 60 valence electrons. The van der Waals surface area contributed by atoms with Gasteiger partial charge in [0.1, 0.15) is 0 Å². The minimum atomic E-state index is -0.207. The second kappa shape index (κ2) is 3.35. The van der Waals surface area contributed by atoms with Crippen molar-refractivity contribution in [3.05, 3.63) is 0 Å². The minimum Gasteiger partial charge on any atom is -0.392 e. The van der Waals surface area contributed by atoms with Crippen molar-refractivity contribution < 1.29 is 5.11 Å². The van der Waals surface area contributed by atoms with Gasteiger partial charge in [0.15, 0.2) is 0 Å². The molecule has 10 heavy (non-hydrogen) atoms. The van der Waals surface area contributed by atoms with Crippen molar-refractivity contribution in [2.24, 2.45) is 5.92 Å². The van der Waals surface area contributed by atoms with Gasteiger partial charge in [0.25, 0.3) is 0 Å². The van der Waals surface area contributed by atoms with Gasteiger partial charge in [-0.1, -0.05) is 0 Å². The first-order chi connectivity index (χ1) is 4.70. The normalized spacial score (nSPS) is 24.3. The van der Waals surface area contributed by atoms with Gasteiger partial charge >= 0.3 is 0 Å². The van der Waals surface area contributed by atoms with Crippen LogP contribution in [0.1, 0.15) is 26.7 Å². The fourth-order valence-corrected chi connectivity index (χ4v) is 1.12. The molecule has 1 rings (SSSR count). The van der Waals surface area contributed by atoms with Gasteiger partial charge < -0.3 is 10.4 Å². The molecule has 0 bridgehead atoms. The molecule has 0 radical (unpaired) electrons. The maximum atomic E-state index is 8.94. The molecule has 1 aliphatic rings. The molecule has 0 aromatic carbocycles. The summed E-state index contributed by atoms with van der Waals surface area (Å²) in [6.07, 6.45) is 2.53. The Hall–Kier alpha value is -0.0800. The summed E-state index contributed by atoms with van der Waals surface area (Å²) in [5.74, 6) is 0.888. The first kappa shape index (κ1) is 8.02. The summed E-state index contributed by atoms with van der Waals surface area (Å²) in [6.45, 7) is 4.74. The van der Waals surface area contributed by atoms with E-state index in [0.717, 1.165) is 12.5 Å². The molecule has 2 atom stereocenters. The molecule has 1 fully saturated rings. The molecular formula is C8H17NO. The van der Waals surface area contributed by atoms with Crippen LogP contribution in [0.3, 0.4) is 0 Å². The topological polar surface area (TPSA) is 32.3 Å². The minimum absolute atomic E-state index is 0.207. The van der Waals surface area contributed by atoms with Crippen molar-refractivity contribution in [1.29, 1.82) is 0 Å². The zero-order valence-corrected chi connectivity index (χ0v) is 6.80. The van der Waals surface area contributed by atoms with Crippen LogP contribution in [0.25, 0.3) is 0 Å². The van der Waals surface area contributed by atoms with Gasteiger partial charge in [-0.05, 0) is 32.6 Å². The first-order valence-corrected chi connectivity index (χ1v) is 4.11. The van der Waals surface area contributed by atoms with E-state index in [1.165, 1.54) is 12.8 Å². The van der Waals surface area contributed by atoms with Crippen molar-refractivity contribution in [3.63, 3.8) is 0 Å². The highest BCUT2D eigenvalue weighted by Gasteiger charge is 2.27. The van der Waals surface area contributed by atoms with Gasteiger partial charge in [-0.15, -0.1) is 0 Å². The Morgan fingerprint density at radius 2 is 2.10 bits per heavy atom. The Labute approximate surface area is 62.6 Å². The van der Waals surface area contributed by atoms with E-state index in [1.54, 1.807) is 0 Å². The number of aliphatic hydroxyl groups excluding tert-OH is 1. The Kier molecular flexibility index (Phi) is 2.69. The fourth-order valence-electron chi connectivity index (χ4n) is 1.12. The van der Waals surface area contributed by atoms with E-state index in [9.17, 15) is 0 Å². The van der Waals surface area contributed by atoms with E-state index in [1.807, 2.05) is 6.92 Å².